The van der Waals surface area contributed by atoms with Gasteiger partial charge in [0, 0.05) is 0 Å². The lowest BCUT2D eigenvalue weighted by Crippen LogP contribution is -2.35. The summed E-state index contributed by atoms with van der Waals surface area (Å²) in [5.74, 6) is 0. The summed E-state index contributed by atoms with van der Waals surface area (Å²) in [5.41, 5.74) is 0. The summed E-state index contributed by atoms with van der Waals surface area (Å²) < 4.78 is 10.6. The standard InChI is InChI=1S/C10H23NO3/c1-4-11(5-2)10(3)14-9-8-13-7-6-12/h10,12H,4-9H2,1-3H3. The van der Waals surface area contributed by atoms with Crippen LogP contribution in [0.4, 0.5) is 0 Å². The normalized spacial score (nSPS) is 13.5. The molecular formula is C10H23NO3. The van der Waals surface area contributed by atoms with Gasteiger partial charge in [-0.1, -0.05) is 13.8 Å². The van der Waals surface area contributed by atoms with E-state index in [1.807, 2.05) is 6.92 Å². The van der Waals surface area contributed by atoms with Crippen LogP contribution in [0.1, 0.15) is 20.8 Å². The van der Waals surface area contributed by atoms with E-state index < -0.39 is 0 Å². The van der Waals surface area contributed by atoms with Crippen molar-refractivity contribution in [2.45, 2.75) is 27.0 Å². The number of aliphatic hydroxyl groups is 1. The Labute approximate surface area is 86.8 Å². The van der Waals surface area contributed by atoms with E-state index in [2.05, 4.69) is 18.7 Å². The topological polar surface area (TPSA) is 41.9 Å². The van der Waals surface area contributed by atoms with Crippen LogP contribution in [0, 0.1) is 0 Å². The first kappa shape index (κ1) is 13.8. The smallest absolute Gasteiger partial charge is 0.107 e. The minimum Gasteiger partial charge on any atom is -0.394 e. The zero-order chi connectivity index (χ0) is 10.8. The molecule has 0 aliphatic rings. The second kappa shape index (κ2) is 9.40. The van der Waals surface area contributed by atoms with Crippen molar-refractivity contribution >= 4 is 0 Å². The average Bonchev–Trinajstić information content (AvgIpc) is 2.19. The third-order valence-corrected chi connectivity index (χ3v) is 2.15. The average molecular weight is 205 g/mol. The molecule has 0 aromatic carbocycles. The molecule has 0 saturated carbocycles. The number of rotatable bonds is 9. The maximum Gasteiger partial charge on any atom is 0.107 e. The first-order valence-electron chi connectivity index (χ1n) is 5.30. The van der Waals surface area contributed by atoms with E-state index in [0.29, 0.717) is 19.8 Å². The second-order valence-electron chi connectivity index (χ2n) is 3.03. The molecule has 0 aromatic heterocycles. The highest BCUT2D eigenvalue weighted by molar-refractivity contribution is 4.53. The van der Waals surface area contributed by atoms with Gasteiger partial charge in [0.2, 0.25) is 0 Å². The minimum absolute atomic E-state index is 0.0750. The Morgan fingerprint density at radius 3 is 2.29 bits per heavy atom. The maximum atomic E-state index is 8.47. The molecule has 14 heavy (non-hydrogen) atoms. The fourth-order valence-electron chi connectivity index (χ4n) is 1.29. The van der Waals surface area contributed by atoms with Crippen molar-refractivity contribution in [1.82, 2.24) is 4.90 Å². The maximum absolute atomic E-state index is 8.47. The molecule has 4 heteroatoms. The van der Waals surface area contributed by atoms with E-state index in [4.69, 9.17) is 14.6 Å². The molecule has 1 unspecified atom stereocenters. The van der Waals surface area contributed by atoms with Gasteiger partial charge in [-0.15, -0.1) is 0 Å². The molecule has 0 amide bonds. The molecule has 1 atom stereocenters. The summed E-state index contributed by atoms with van der Waals surface area (Å²) in [7, 11) is 0. The van der Waals surface area contributed by atoms with Gasteiger partial charge in [0.15, 0.2) is 0 Å². The van der Waals surface area contributed by atoms with E-state index in [0.717, 1.165) is 13.1 Å². The Kier molecular flexibility index (Phi) is 9.29. The van der Waals surface area contributed by atoms with Crippen molar-refractivity contribution in [3.63, 3.8) is 0 Å². The summed E-state index contributed by atoms with van der Waals surface area (Å²) in [4.78, 5) is 2.23. The first-order valence-corrected chi connectivity index (χ1v) is 5.30. The summed E-state index contributed by atoms with van der Waals surface area (Å²) in [6, 6.07) is 0. The predicted molar refractivity (Wildman–Crippen MR) is 56.2 cm³/mol. The van der Waals surface area contributed by atoms with Crippen molar-refractivity contribution in [3.05, 3.63) is 0 Å². The van der Waals surface area contributed by atoms with Crippen LogP contribution >= 0.6 is 0 Å². The Balaban J connectivity index is 3.37. The number of hydrogen-bond acceptors (Lipinski definition) is 4. The van der Waals surface area contributed by atoms with Crippen molar-refractivity contribution in [1.29, 1.82) is 0 Å². The molecule has 4 nitrogen and oxygen atoms in total. The van der Waals surface area contributed by atoms with Crippen molar-refractivity contribution in [2.75, 3.05) is 39.5 Å². The number of aliphatic hydroxyl groups excluding tert-OH is 1. The molecule has 0 fully saturated rings. The third-order valence-electron chi connectivity index (χ3n) is 2.15. The van der Waals surface area contributed by atoms with Gasteiger partial charge in [0.05, 0.1) is 26.4 Å². The van der Waals surface area contributed by atoms with Gasteiger partial charge in [0.1, 0.15) is 6.23 Å². The van der Waals surface area contributed by atoms with Crippen LogP contribution in [-0.4, -0.2) is 55.8 Å². The molecule has 0 heterocycles. The van der Waals surface area contributed by atoms with Crippen LogP contribution in [0.2, 0.25) is 0 Å². The molecule has 1 N–H and O–H groups in total. The molecule has 0 saturated heterocycles. The van der Waals surface area contributed by atoms with Gasteiger partial charge in [-0.25, -0.2) is 0 Å². The van der Waals surface area contributed by atoms with Gasteiger partial charge >= 0.3 is 0 Å². The summed E-state index contributed by atoms with van der Waals surface area (Å²) in [5, 5.41) is 8.47. The lowest BCUT2D eigenvalue weighted by molar-refractivity contribution is -0.0646. The van der Waals surface area contributed by atoms with Crippen LogP contribution in [0.5, 0.6) is 0 Å². The van der Waals surface area contributed by atoms with Gasteiger partial charge in [-0.3, -0.25) is 4.90 Å². The number of ether oxygens (including phenoxy) is 2. The molecule has 0 radical (unpaired) electrons. The Morgan fingerprint density at radius 2 is 1.79 bits per heavy atom. The lowest BCUT2D eigenvalue weighted by Gasteiger charge is -2.26. The van der Waals surface area contributed by atoms with E-state index in [9.17, 15) is 0 Å². The summed E-state index contributed by atoms with van der Waals surface area (Å²) >= 11 is 0. The highest BCUT2D eigenvalue weighted by Gasteiger charge is 2.08. The molecular weight excluding hydrogens is 182 g/mol. The van der Waals surface area contributed by atoms with Crippen LogP contribution in [0.15, 0.2) is 0 Å². The third kappa shape index (κ3) is 6.32. The SMILES string of the molecule is CCN(CC)C(C)OCCOCCO. The largest absolute Gasteiger partial charge is 0.394 e. The van der Waals surface area contributed by atoms with Gasteiger partial charge < -0.3 is 14.6 Å². The quantitative estimate of drug-likeness (QED) is 0.444. The molecule has 0 aliphatic carbocycles. The summed E-state index contributed by atoms with van der Waals surface area (Å²) in [6.07, 6.45) is 0.141. The molecule has 0 bridgehead atoms. The van der Waals surface area contributed by atoms with Crippen molar-refractivity contribution < 1.29 is 14.6 Å². The predicted octanol–water partition coefficient (Wildman–Crippen LogP) is 0.700. The lowest BCUT2D eigenvalue weighted by atomic mass is 10.4. The van der Waals surface area contributed by atoms with Gasteiger partial charge in [-0.05, 0) is 20.0 Å². The van der Waals surface area contributed by atoms with Crippen LogP contribution in [-0.2, 0) is 9.47 Å². The Hall–Kier alpha value is -0.160. The first-order chi connectivity index (χ1) is 6.76. The molecule has 0 rings (SSSR count). The van der Waals surface area contributed by atoms with Crippen LogP contribution in [0.3, 0.4) is 0 Å². The molecule has 0 aliphatic heterocycles. The van der Waals surface area contributed by atoms with E-state index in [1.54, 1.807) is 0 Å². The van der Waals surface area contributed by atoms with Crippen molar-refractivity contribution in [2.24, 2.45) is 0 Å². The van der Waals surface area contributed by atoms with Gasteiger partial charge in [-0.2, -0.15) is 0 Å². The van der Waals surface area contributed by atoms with Gasteiger partial charge in [0.25, 0.3) is 0 Å². The van der Waals surface area contributed by atoms with Crippen molar-refractivity contribution in [3.8, 4) is 0 Å². The highest BCUT2D eigenvalue weighted by Crippen LogP contribution is 1.99. The summed E-state index contributed by atoms with van der Waals surface area (Å²) in [6.45, 7) is 9.86. The Bertz CT molecular complexity index is 118. The number of nitrogens with zero attached hydrogens (tertiary/aromatic N) is 1. The van der Waals surface area contributed by atoms with E-state index in [-0.39, 0.29) is 12.8 Å². The zero-order valence-corrected chi connectivity index (χ0v) is 9.53. The zero-order valence-electron chi connectivity index (χ0n) is 9.53. The van der Waals surface area contributed by atoms with E-state index in [1.165, 1.54) is 0 Å². The van der Waals surface area contributed by atoms with Crippen LogP contribution in [0.25, 0.3) is 0 Å². The Morgan fingerprint density at radius 1 is 1.14 bits per heavy atom. The fourth-order valence-corrected chi connectivity index (χ4v) is 1.29. The molecule has 0 spiro atoms. The minimum atomic E-state index is 0.0750. The highest BCUT2D eigenvalue weighted by atomic mass is 16.5. The molecule has 86 valence electrons. The number of hydrogen-bond donors (Lipinski definition) is 1. The fraction of sp³-hybridized carbons (Fsp3) is 1.00. The monoisotopic (exact) mass is 205 g/mol. The molecule has 0 aromatic rings. The second-order valence-corrected chi connectivity index (χ2v) is 3.03. The van der Waals surface area contributed by atoms with E-state index >= 15 is 0 Å². The van der Waals surface area contributed by atoms with Crippen LogP contribution < -0.4 is 0 Å².